The van der Waals surface area contributed by atoms with Gasteiger partial charge in [0, 0.05) is 50.8 Å². The molecule has 8 nitrogen and oxygen atoms in total. The number of nitrogens with zero attached hydrogens (tertiary/aromatic N) is 4. The first kappa shape index (κ1) is 19.2. The maximum atomic E-state index is 12.8. The molecule has 1 aromatic carbocycles. The lowest BCUT2D eigenvalue weighted by Crippen LogP contribution is -2.39. The van der Waals surface area contributed by atoms with Gasteiger partial charge in [-0.25, -0.2) is 9.78 Å². The van der Waals surface area contributed by atoms with Crippen LogP contribution in [0, 0.1) is 11.8 Å². The van der Waals surface area contributed by atoms with E-state index in [1.54, 1.807) is 26.3 Å². The fraction of sp³-hybridized carbons (Fsp3) is 0.429. The first-order valence-electron chi connectivity index (χ1n) is 9.68. The number of rotatable bonds is 4. The predicted molar refractivity (Wildman–Crippen MR) is 105 cm³/mol. The lowest BCUT2D eigenvalue weighted by molar-refractivity contribution is -0.132. The fourth-order valence-electron chi connectivity index (χ4n) is 4.55. The summed E-state index contributed by atoms with van der Waals surface area (Å²) in [6.45, 7) is 3.37. The van der Waals surface area contributed by atoms with Crippen molar-refractivity contribution in [3.63, 3.8) is 0 Å². The van der Waals surface area contributed by atoms with Crippen LogP contribution in [-0.2, 0) is 16.1 Å². The van der Waals surface area contributed by atoms with Gasteiger partial charge in [0.15, 0.2) is 0 Å². The van der Waals surface area contributed by atoms with Gasteiger partial charge in [-0.15, -0.1) is 0 Å². The summed E-state index contributed by atoms with van der Waals surface area (Å²) in [6, 6.07) is 9.34. The molecule has 152 valence electrons. The van der Waals surface area contributed by atoms with Crippen LogP contribution in [0.1, 0.15) is 18.5 Å². The van der Waals surface area contributed by atoms with Crippen LogP contribution in [0.25, 0.3) is 0 Å². The predicted octanol–water partition coefficient (Wildman–Crippen LogP) is 0.930. The number of aromatic nitrogens is 2. The molecule has 8 heteroatoms. The van der Waals surface area contributed by atoms with E-state index in [9.17, 15) is 14.4 Å². The van der Waals surface area contributed by atoms with E-state index in [2.05, 4.69) is 4.98 Å². The second kappa shape index (κ2) is 7.69. The highest BCUT2D eigenvalue weighted by Gasteiger charge is 2.49. The summed E-state index contributed by atoms with van der Waals surface area (Å²) in [5, 5.41) is 0. The molecule has 2 aliphatic heterocycles. The number of likely N-dealkylation sites (tertiary alicyclic amines) is 2. The van der Waals surface area contributed by atoms with Crippen LogP contribution in [0.15, 0.2) is 47.5 Å². The Kier molecular flexibility index (Phi) is 5.08. The summed E-state index contributed by atoms with van der Waals surface area (Å²) in [6.07, 6.45) is 2.99. The van der Waals surface area contributed by atoms with Gasteiger partial charge in [0.1, 0.15) is 12.3 Å². The molecule has 2 amide bonds. The summed E-state index contributed by atoms with van der Waals surface area (Å²) in [5.74, 6) is 1.10. The van der Waals surface area contributed by atoms with E-state index in [4.69, 9.17) is 4.74 Å². The third-order valence-electron chi connectivity index (χ3n) is 5.97. The van der Waals surface area contributed by atoms with Crippen LogP contribution in [0.5, 0.6) is 5.75 Å². The highest BCUT2D eigenvalue weighted by molar-refractivity contribution is 5.77. The van der Waals surface area contributed by atoms with Gasteiger partial charge in [-0.05, 0) is 23.8 Å². The van der Waals surface area contributed by atoms with Gasteiger partial charge < -0.3 is 14.5 Å². The van der Waals surface area contributed by atoms with Crippen LogP contribution in [0.2, 0.25) is 0 Å². The maximum Gasteiger partial charge on any atom is 0.347 e. The van der Waals surface area contributed by atoms with Crippen LogP contribution in [0.3, 0.4) is 0 Å². The quantitative estimate of drug-likeness (QED) is 0.768. The van der Waals surface area contributed by atoms with Crippen LogP contribution in [-0.4, -0.2) is 57.9 Å². The van der Waals surface area contributed by atoms with Gasteiger partial charge in [0.05, 0.1) is 13.2 Å². The van der Waals surface area contributed by atoms with Gasteiger partial charge in [-0.2, -0.15) is 0 Å². The molecular formula is C21H24N4O4. The molecule has 3 atom stereocenters. The van der Waals surface area contributed by atoms with Gasteiger partial charge in [0.2, 0.25) is 11.8 Å². The molecule has 0 N–H and O–H groups in total. The first-order chi connectivity index (χ1) is 14.0. The standard InChI is InChI=1S/C21H24N4O4/c1-14(26)25-11-16-10-24(19(27)13-23-9-3-8-22-21(23)28)12-18(16)20(25)15-4-6-17(29-2)7-5-15/h3-9,16,18,20H,10-13H2,1-2H3/t16-,18-,20+/m1/s1. The normalized spacial score (nSPS) is 23.2. The molecule has 0 bridgehead atoms. The van der Waals surface area contributed by atoms with Crippen LogP contribution >= 0.6 is 0 Å². The van der Waals surface area contributed by atoms with E-state index >= 15 is 0 Å². The Morgan fingerprint density at radius 2 is 1.93 bits per heavy atom. The molecule has 3 heterocycles. The lowest BCUT2D eigenvalue weighted by atomic mass is 9.89. The molecule has 29 heavy (non-hydrogen) atoms. The Balaban J connectivity index is 1.53. The fourth-order valence-corrected chi connectivity index (χ4v) is 4.55. The summed E-state index contributed by atoms with van der Waals surface area (Å²) in [5.41, 5.74) is 0.616. The molecule has 0 spiro atoms. The van der Waals surface area contributed by atoms with Crippen molar-refractivity contribution in [3.05, 3.63) is 58.8 Å². The third-order valence-corrected chi connectivity index (χ3v) is 5.97. The molecular weight excluding hydrogens is 372 g/mol. The molecule has 2 fully saturated rings. The van der Waals surface area contributed by atoms with E-state index in [1.807, 2.05) is 34.1 Å². The number of fused-ring (bicyclic) bond motifs is 1. The molecule has 0 radical (unpaired) electrons. The second-order valence-corrected chi connectivity index (χ2v) is 7.64. The smallest absolute Gasteiger partial charge is 0.347 e. The van der Waals surface area contributed by atoms with Crippen molar-refractivity contribution in [3.8, 4) is 5.75 Å². The first-order valence-corrected chi connectivity index (χ1v) is 9.68. The summed E-state index contributed by atoms with van der Waals surface area (Å²) >= 11 is 0. The molecule has 0 saturated carbocycles. The number of hydrogen-bond acceptors (Lipinski definition) is 5. The monoisotopic (exact) mass is 396 g/mol. The molecule has 2 aliphatic rings. The van der Waals surface area contributed by atoms with Crippen LogP contribution < -0.4 is 10.4 Å². The number of carbonyl (C=O) groups excluding carboxylic acids is 2. The third kappa shape index (κ3) is 3.62. The minimum absolute atomic E-state index is 0.0181. The number of amides is 2. The summed E-state index contributed by atoms with van der Waals surface area (Å²) < 4.78 is 6.56. The second-order valence-electron chi connectivity index (χ2n) is 7.64. The highest BCUT2D eigenvalue weighted by Crippen LogP contribution is 2.45. The van der Waals surface area contributed by atoms with E-state index in [1.165, 1.54) is 10.8 Å². The van der Waals surface area contributed by atoms with Crippen molar-refractivity contribution >= 4 is 11.8 Å². The van der Waals surface area contributed by atoms with Crippen molar-refractivity contribution in [2.75, 3.05) is 26.7 Å². The Morgan fingerprint density at radius 1 is 1.17 bits per heavy atom. The highest BCUT2D eigenvalue weighted by atomic mass is 16.5. The zero-order chi connectivity index (χ0) is 20.5. The topological polar surface area (TPSA) is 84.7 Å². The van der Waals surface area contributed by atoms with E-state index in [0.717, 1.165) is 11.3 Å². The SMILES string of the molecule is COc1ccc([C@H]2[C@@H]3CN(C(=O)Cn4cccnc4=O)C[C@@H]3CN2C(C)=O)cc1. The summed E-state index contributed by atoms with van der Waals surface area (Å²) in [7, 11) is 1.62. The molecule has 0 unspecified atom stereocenters. The Labute approximate surface area is 168 Å². The van der Waals surface area contributed by atoms with Crippen molar-refractivity contribution in [1.29, 1.82) is 0 Å². The van der Waals surface area contributed by atoms with Crippen molar-refractivity contribution in [2.45, 2.75) is 19.5 Å². The largest absolute Gasteiger partial charge is 0.497 e. The maximum absolute atomic E-state index is 12.8. The number of methoxy groups -OCH3 is 1. The van der Waals surface area contributed by atoms with E-state index < -0.39 is 5.69 Å². The molecule has 1 aromatic heterocycles. The summed E-state index contributed by atoms with van der Waals surface area (Å²) in [4.78, 5) is 44.2. The zero-order valence-electron chi connectivity index (χ0n) is 16.5. The molecule has 4 rings (SSSR count). The van der Waals surface area contributed by atoms with Crippen molar-refractivity contribution in [2.24, 2.45) is 11.8 Å². The number of ether oxygens (including phenoxy) is 1. The lowest BCUT2D eigenvalue weighted by Gasteiger charge is -2.29. The minimum Gasteiger partial charge on any atom is -0.497 e. The molecule has 0 aliphatic carbocycles. The Morgan fingerprint density at radius 3 is 2.59 bits per heavy atom. The Hall–Kier alpha value is -3.16. The minimum atomic E-state index is -0.431. The van der Waals surface area contributed by atoms with Crippen LogP contribution in [0.4, 0.5) is 0 Å². The number of benzene rings is 1. The van der Waals surface area contributed by atoms with Gasteiger partial charge in [-0.3, -0.25) is 14.2 Å². The van der Waals surface area contributed by atoms with Crippen molar-refractivity contribution in [1.82, 2.24) is 19.4 Å². The molecule has 2 saturated heterocycles. The van der Waals surface area contributed by atoms with Crippen molar-refractivity contribution < 1.29 is 14.3 Å². The Bertz CT molecular complexity index is 971. The van der Waals surface area contributed by atoms with E-state index in [-0.39, 0.29) is 36.2 Å². The zero-order valence-corrected chi connectivity index (χ0v) is 16.5. The van der Waals surface area contributed by atoms with E-state index in [0.29, 0.717) is 19.6 Å². The number of hydrogen-bond donors (Lipinski definition) is 0. The van der Waals surface area contributed by atoms with Gasteiger partial charge >= 0.3 is 5.69 Å². The molecule has 2 aromatic rings. The number of carbonyl (C=O) groups is 2. The van der Waals surface area contributed by atoms with Gasteiger partial charge in [-0.1, -0.05) is 12.1 Å². The average molecular weight is 396 g/mol. The van der Waals surface area contributed by atoms with Gasteiger partial charge in [0.25, 0.3) is 0 Å². The average Bonchev–Trinajstić information content (AvgIpc) is 3.28.